The summed E-state index contributed by atoms with van der Waals surface area (Å²) in [6, 6.07) is 11.3. The van der Waals surface area contributed by atoms with E-state index in [-0.39, 0.29) is 23.1 Å². The third-order valence-corrected chi connectivity index (χ3v) is 13.8. The first-order valence-corrected chi connectivity index (χ1v) is 24.7. The number of anilines is 1. The Kier molecular flexibility index (Phi) is 20.2. The zero-order valence-electron chi connectivity index (χ0n) is 43.3. The number of hydrogen-bond donors (Lipinski definition) is 7. The van der Waals surface area contributed by atoms with E-state index in [1.807, 2.05) is 12.1 Å². The summed E-state index contributed by atoms with van der Waals surface area (Å²) in [5.74, 6) is 4.32. The maximum Gasteiger partial charge on any atom is 0.407 e. The summed E-state index contributed by atoms with van der Waals surface area (Å²) in [5.41, 5.74) is 1.18. The lowest BCUT2D eigenvalue weighted by Gasteiger charge is -2.47. The fraction of sp³-hybridized carbons (Fsp3) is 0.509. The Morgan fingerprint density at radius 1 is 0.868 bits per heavy atom. The minimum absolute atomic E-state index is 0.0378. The van der Waals surface area contributed by atoms with Crippen molar-refractivity contribution in [2.75, 3.05) is 65.3 Å². The van der Waals surface area contributed by atoms with Gasteiger partial charge in [-0.05, 0) is 60.7 Å². The molecule has 412 valence electrons. The second-order valence-corrected chi connectivity index (χ2v) is 20.4. The fourth-order valence-corrected chi connectivity index (χ4v) is 9.32. The first-order valence-electron chi connectivity index (χ1n) is 24.7. The number of nitrogens with one attached hydrogen (secondary N) is 6. The zero-order chi connectivity index (χ0) is 55.3. The number of fused-ring (bicyclic) bond motifs is 2. The first kappa shape index (κ1) is 58.4. The number of allylic oxidation sites excluding steroid dienone is 1. The van der Waals surface area contributed by atoms with Crippen molar-refractivity contribution in [1.29, 1.82) is 5.41 Å². The number of rotatable bonds is 23. The van der Waals surface area contributed by atoms with Crippen LogP contribution < -0.4 is 31.6 Å². The minimum Gasteiger partial charge on any atom is -0.453 e. The van der Waals surface area contributed by atoms with Crippen LogP contribution in [0.15, 0.2) is 67.0 Å². The summed E-state index contributed by atoms with van der Waals surface area (Å²) in [6.45, 7) is 2.62. The van der Waals surface area contributed by atoms with Crippen LogP contribution >= 0.6 is 0 Å². The second kappa shape index (κ2) is 26.3. The lowest BCUT2D eigenvalue weighted by molar-refractivity contribution is -0.133. The minimum atomic E-state index is -2.97. The number of benzene rings is 2. The molecule has 0 saturated carbocycles. The molecule has 18 nitrogen and oxygen atoms in total. The molecule has 76 heavy (non-hydrogen) atoms. The predicted molar refractivity (Wildman–Crippen MR) is 273 cm³/mol. The third kappa shape index (κ3) is 15.2. The van der Waals surface area contributed by atoms with Crippen molar-refractivity contribution in [2.45, 2.75) is 102 Å². The number of aromatic nitrogens is 1. The van der Waals surface area contributed by atoms with Gasteiger partial charge in [0.1, 0.15) is 23.7 Å². The number of amides is 4. The highest BCUT2D eigenvalue weighted by atomic mass is 19.3. The highest BCUT2D eigenvalue weighted by Crippen LogP contribution is 2.35. The average molecular weight is 1070 g/mol. The van der Waals surface area contributed by atoms with Crippen molar-refractivity contribution < 1.29 is 60.4 Å². The number of aliphatic hydroxyl groups excluding tert-OH is 1. The van der Waals surface area contributed by atoms with E-state index in [2.05, 4.69) is 47.8 Å². The lowest BCUT2D eigenvalue weighted by atomic mass is 9.84. The molecule has 3 aliphatic heterocycles. The van der Waals surface area contributed by atoms with Crippen LogP contribution in [0.2, 0.25) is 0 Å². The molecule has 0 spiro atoms. The number of carbonyl (C=O) groups excluding carboxylic acids is 4. The van der Waals surface area contributed by atoms with E-state index in [4.69, 9.17) is 19.9 Å². The molecule has 2 aromatic carbocycles. The molecule has 4 amide bonds. The largest absolute Gasteiger partial charge is 0.453 e. The molecule has 3 unspecified atom stereocenters. The Hall–Kier alpha value is -6.87. The molecule has 1 aromatic heterocycles. The summed E-state index contributed by atoms with van der Waals surface area (Å²) in [5, 5.41) is 30.0. The average Bonchev–Trinajstić information content (AvgIpc) is 3.62. The maximum atomic E-state index is 16.0. The molecule has 4 heterocycles. The number of ether oxygens (including phenoxy) is 3. The van der Waals surface area contributed by atoms with Gasteiger partial charge in [0.15, 0.2) is 0 Å². The molecule has 3 aromatic rings. The number of alkyl carbamates (subject to hydrolysis) is 2. The van der Waals surface area contributed by atoms with Gasteiger partial charge in [-0.1, -0.05) is 63.8 Å². The standard InChI is InChI=1S/C53H67F5N10O8/c1-52(2,30-54)45(63-50(72)74-5)47(70)62-42(19-33-10-7-32(8-11-33)9-12-34-13-18-44(60-22-34)66-25-38-16-17-39(26-66)68(38)40-28-76-29-40)43(69)27-67(65-48(71)46(53(3,4)31-55)64-51(73)75-6)24-36-15-14-35(20-41(36)56)37(21-59)23-61-49(57)58/h7-8,10-11,13-15,18,20-23,38-40,42-43,45-46,49,59,61,69H,16-17,19,24-31H2,1-6H3,(H,62,70)(H,63,72)(H,64,73)(H,65,71)/b37-23+,59-21?/t38?,39?,42-,43-,45?,46+/m0/s1. The van der Waals surface area contributed by atoms with Crippen LogP contribution in [-0.4, -0.2) is 160 Å². The molecular weight excluding hydrogens is 1000 g/mol. The van der Waals surface area contributed by atoms with Crippen molar-refractivity contribution in [3.8, 4) is 11.8 Å². The van der Waals surface area contributed by atoms with E-state index < -0.39 is 97.9 Å². The maximum absolute atomic E-state index is 16.0. The molecule has 3 saturated heterocycles. The van der Waals surface area contributed by atoms with Crippen molar-refractivity contribution in [3.05, 3.63) is 101 Å². The smallest absolute Gasteiger partial charge is 0.407 e. The number of carbonyl (C=O) groups is 4. The van der Waals surface area contributed by atoms with Crippen LogP contribution in [-0.2, 0) is 36.8 Å². The van der Waals surface area contributed by atoms with Crippen LogP contribution in [0.5, 0.6) is 0 Å². The van der Waals surface area contributed by atoms with Gasteiger partial charge in [0, 0.05) is 90.0 Å². The number of methoxy groups -OCH3 is 2. The molecule has 3 aliphatic rings. The van der Waals surface area contributed by atoms with E-state index in [0.717, 1.165) is 82.7 Å². The molecule has 6 atom stereocenters. The Morgan fingerprint density at radius 2 is 1.46 bits per heavy atom. The topological polar surface area (TPSA) is 223 Å². The van der Waals surface area contributed by atoms with Gasteiger partial charge in [-0.2, -0.15) is 8.78 Å². The summed E-state index contributed by atoms with van der Waals surface area (Å²) < 4.78 is 85.6. The van der Waals surface area contributed by atoms with Crippen molar-refractivity contribution in [2.24, 2.45) is 10.8 Å². The van der Waals surface area contributed by atoms with Crippen LogP contribution in [0.1, 0.15) is 68.4 Å². The fourth-order valence-electron chi connectivity index (χ4n) is 9.32. The van der Waals surface area contributed by atoms with E-state index in [0.29, 0.717) is 34.8 Å². The number of halogens is 5. The number of hydrogen-bond acceptors (Lipinski definition) is 14. The van der Waals surface area contributed by atoms with Gasteiger partial charge >= 0.3 is 18.7 Å². The van der Waals surface area contributed by atoms with Gasteiger partial charge in [0.25, 0.3) is 5.91 Å². The van der Waals surface area contributed by atoms with Crippen LogP contribution in [0.3, 0.4) is 0 Å². The zero-order valence-corrected chi connectivity index (χ0v) is 43.3. The molecule has 0 aliphatic carbocycles. The Balaban J connectivity index is 1.26. The van der Waals surface area contributed by atoms with Gasteiger partial charge in [-0.25, -0.2) is 24.0 Å². The van der Waals surface area contributed by atoms with Gasteiger partial charge < -0.3 is 50.9 Å². The van der Waals surface area contributed by atoms with Gasteiger partial charge in [0.2, 0.25) is 5.91 Å². The quantitative estimate of drug-likeness (QED) is 0.0223. The van der Waals surface area contributed by atoms with E-state index in [1.54, 1.807) is 35.8 Å². The highest BCUT2D eigenvalue weighted by molar-refractivity contribution is 6.08. The highest BCUT2D eigenvalue weighted by Gasteiger charge is 2.46. The number of nitrogens with zero attached hydrogens (tertiary/aromatic N) is 4. The number of alkyl halides is 4. The van der Waals surface area contributed by atoms with Gasteiger partial charge in [-0.3, -0.25) is 28.7 Å². The second-order valence-electron chi connectivity index (χ2n) is 20.4. The predicted octanol–water partition coefficient (Wildman–Crippen LogP) is 4.84. The molecule has 3 fully saturated rings. The van der Waals surface area contributed by atoms with E-state index >= 15 is 4.39 Å². The molecular formula is C53H67F5N10O8. The SMILES string of the molecule is COC(=O)NC(C(=O)N[C@@H](Cc1ccc(C#Cc2ccc(N3CC4CCC(C3)N4C3COC3)nc2)cc1)[C@@H](O)CN(Cc1ccc(/C(C=N)=C/NC(F)F)cc1F)NC(=O)[C@@H](NC(=O)OC)C(C)(C)CF)C(C)(C)CF. The van der Waals surface area contributed by atoms with E-state index in [1.165, 1.54) is 39.8 Å². The first-order chi connectivity index (χ1) is 36.2. The molecule has 0 radical (unpaired) electrons. The number of piperazine rings is 1. The van der Waals surface area contributed by atoms with Crippen LogP contribution in [0, 0.1) is 33.9 Å². The Bertz CT molecular complexity index is 2580. The molecule has 6 rings (SSSR count). The monoisotopic (exact) mass is 1070 g/mol. The lowest BCUT2D eigenvalue weighted by Crippen LogP contribution is -2.62. The summed E-state index contributed by atoms with van der Waals surface area (Å²) in [6.07, 6.45) is 1.71. The van der Waals surface area contributed by atoms with Crippen LogP contribution in [0.25, 0.3) is 5.57 Å². The molecule has 23 heteroatoms. The normalized spacial score (nSPS) is 18.6. The summed E-state index contributed by atoms with van der Waals surface area (Å²) in [4.78, 5) is 62.8. The summed E-state index contributed by atoms with van der Waals surface area (Å²) >= 11 is 0. The van der Waals surface area contributed by atoms with E-state index in [9.17, 15) is 41.8 Å². The van der Waals surface area contributed by atoms with Gasteiger partial charge in [0.05, 0.1) is 59.0 Å². The van der Waals surface area contributed by atoms with Gasteiger partial charge in [-0.15, -0.1) is 0 Å². The Labute approximate surface area is 438 Å². The number of pyridine rings is 1. The molecule has 7 N–H and O–H groups in total. The van der Waals surface area contributed by atoms with Crippen molar-refractivity contribution >= 4 is 41.6 Å². The van der Waals surface area contributed by atoms with Crippen molar-refractivity contribution in [1.82, 2.24) is 41.6 Å². The van der Waals surface area contributed by atoms with Crippen molar-refractivity contribution in [3.63, 3.8) is 0 Å². The number of aliphatic hydroxyl groups is 1. The van der Waals surface area contributed by atoms with Crippen LogP contribution in [0.4, 0.5) is 37.4 Å². The number of hydrazine groups is 1. The summed E-state index contributed by atoms with van der Waals surface area (Å²) in [7, 11) is 2.10. The Morgan fingerprint density at radius 3 is 1.97 bits per heavy atom. The molecule has 2 bridgehead atoms. The third-order valence-electron chi connectivity index (χ3n) is 13.8.